The van der Waals surface area contributed by atoms with Gasteiger partial charge in [0.25, 0.3) is 0 Å². The van der Waals surface area contributed by atoms with Crippen LogP contribution in [-0.2, 0) is 12.8 Å². The van der Waals surface area contributed by atoms with Crippen molar-refractivity contribution in [1.82, 2.24) is 10.2 Å². The molecule has 2 heterocycles. The summed E-state index contributed by atoms with van der Waals surface area (Å²) in [5.74, 6) is 0. The highest BCUT2D eigenvalue weighted by atomic mass is 32.1. The number of rotatable bonds is 5. The Morgan fingerprint density at radius 1 is 1.15 bits per heavy atom. The maximum absolute atomic E-state index is 3.54. The monoisotopic (exact) mass is 286 g/mol. The Hall–Kier alpha value is -1.16. The third-order valence-electron chi connectivity index (χ3n) is 4.05. The van der Waals surface area contributed by atoms with Crippen LogP contribution in [0.4, 0.5) is 0 Å². The van der Waals surface area contributed by atoms with E-state index in [1.54, 1.807) is 11.3 Å². The molecule has 1 aromatic heterocycles. The van der Waals surface area contributed by atoms with E-state index in [2.05, 4.69) is 57.4 Å². The van der Waals surface area contributed by atoms with Crippen molar-refractivity contribution >= 4 is 11.3 Å². The maximum atomic E-state index is 3.54. The minimum atomic E-state index is 0.629. The van der Waals surface area contributed by atoms with E-state index in [4.69, 9.17) is 0 Å². The molecule has 0 radical (unpaired) electrons. The SMILES string of the molecule is c1ccc(CC2CNCCN2CCc2ccsc2)cc1. The van der Waals surface area contributed by atoms with Crippen LogP contribution >= 0.6 is 11.3 Å². The highest BCUT2D eigenvalue weighted by molar-refractivity contribution is 7.07. The van der Waals surface area contributed by atoms with E-state index < -0.39 is 0 Å². The summed E-state index contributed by atoms with van der Waals surface area (Å²) < 4.78 is 0. The molecule has 1 atom stereocenters. The molecule has 0 bridgehead atoms. The Morgan fingerprint density at radius 2 is 2.05 bits per heavy atom. The second kappa shape index (κ2) is 7.02. The van der Waals surface area contributed by atoms with E-state index >= 15 is 0 Å². The highest BCUT2D eigenvalue weighted by Crippen LogP contribution is 2.13. The van der Waals surface area contributed by atoms with Gasteiger partial charge in [0.05, 0.1) is 0 Å². The van der Waals surface area contributed by atoms with Crippen molar-refractivity contribution in [3.63, 3.8) is 0 Å². The molecule has 1 aliphatic heterocycles. The van der Waals surface area contributed by atoms with Gasteiger partial charge in [-0.05, 0) is 40.8 Å². The molecule has 1 unspecified atom stereocenters. The lowest BCUT2D eigenvalue weighted by atomic mass is 10.0. The molecule has 0 amide bonds. The zero-order chi connectivity index (χ0) is 13.6. The molecule has 1 aromatic carbocycles. The van der Waals surface area contributed by atoms with E-state index in [1.807, 2.05) is 0 Å². The van der Waals surface area contributed by atoms with Crippen LogP contribution in [0.15, 0.2) is 47.2 Å². The predicted octanol–water partition coefficient (Wildman–Crippen LogP) is 2.81. The molecule has 0 saturated carbocycles. The lowest BCUT2D eigenvalue weighted by Crippen LogP contribution is -2.52. The third-order valence-corrected chi connectivity index (χ3v) is 4.79. The number of thiophene rings is 1. The Morgan fingerprint density at radius 3 is 2.85 bits per heavy atom. The topological polar surface area (TPSA) is 15.3 Å². The molecule has 3 heteroatoms. The van der Waals surface area contributed by atoms with Gasteiger partial charge in [-0.1, -0.05) is 30.3 Å². The molecule has 0 spiro atoms. The Kier molecular flexibility index (Phi) is 4.85. The van der Waals surface area contributed by atoms with Gasteiger partial charge in [0, 0.05) is 32.2 Å². The summed E-state index contributed by atoms with van der Waals surface area (Å²) in [7, 11) is 0. The van der Waals surface area contributed by atoms with Crippen molar-refractivity contribution in [3.05, 3.63) is 58.3 Å². The van der Waals surface area contributed by atoms with Gasteiger partial charge in [-0.25, -0.2) is 0 Å². The lowest BCUT2D eigenvalue weighted by molar-refractivity contribution is 0.162. The second-order valence-corrected chi connectivity index (χ2v) is 6.25. The van der Waals surface area contributed by atoms with E-state index in [-0.39, 0.29) is 0 Å². The second-order valence-electron chi connectivity index (χ2n) is 5.47. The molecule has 1 saturated heterocycles. The number of benzene rings is 1. The van der Waals surface area contributed by atoms with Crippen LogP contribution in [0.3, 0.4) is 0 Å². The van der Waals surface area contributed by atoms with Gasteiger partial charge in [-0.2, -0.15) is 11.3 Å². The van der Waals surface area contributed by atoms with Crippen LogP contribution in [0, 0.1) is 0 Å². The molecule has 1 fully saturated rings. The average molecular weight is 286 g/mol. The quantitative estimate of drug-likeness (QED) is 0.909. The van der Waals surface area contributed by atoms with Crippen molar-refractivity contribution in [1.29, 1.82) is 0 Å². The summed E-state index contributed by atoms with van der Waals surface area (Å²) in [6.45, 7) is 4.57. The fourth-order valence-corrected chi connectivity index (χ4v) is 3.60. The number of hydrogen-bond acceptors (Lipinski definition) is 3. The van der Waals surface area contributed by atoms with Gasteiger partial charge in [0.1, 0.15) is 0 Å². The summed E-state index contributed by atoms with van der Waals surface area (Å²) in [6, 6.07) is 13.7. The standard InChI is InChI=1S/C17H22N2S/c1-2-4-15(5-3-1)12-17-13-18-8-10-19(17)9-6-16-7-11-20-14-16/h1-5,7,11,14,17-18H,6,8-10,12-13H2. The van der Waals surface area contributed by atoms with Crippen molar-refractivity contribution in [2.45, 2.75) is 18.9 Å². The fourth-order valence-electron chi connectivity index (χ4n) is 2.89. The van der Waals surface area contributed by atoms with Crippen LogP contribution in [-0.4, -0.2) is 37.1 Å². The molecule has 2 nitrogen and oxygen atoms in total. The number of nitrogens with zero attached hydrogens (tertiary/aromatic N) is 1. The first kappa shape index (κ1) is 13.8. The summed E-state index contributed by atoms with van der Waals surface area (Å²) in [5, 5.41) is 7.99. The van der Waals surface area contributed by atoms with Crippen molar-refractivity contribution < 1.29 is 0 Å². The Bertz CT molecular complexity index is 495. The first-order valence-electron chi connectivity index (χ1n) is 7.41. The summed E-state index contributed by atoms with van der Waals surface area (Å²) in [6.07, 6.45) is 2.33. The molecule has 0 aliphatic carbocycles. The van der Waals surface area contributed by atoms with Crippen LogP contribution in [0.5, 0.6) is 0 Å². The van der Waals surface area contributed by atoms with Gasteiger partial charge >= 0.3 is 0 Å². The highest BCUT2D eigenvalue weighted by Gasteiger charge is 2.21. The van der Waals surface area contributed by atoms with E-state index in [0.29, 0.717) is 6.04 Å². The number of hydrogen-bond donors (Lipinski definition) is 1. The van der Waals surface area contributed by atoms with Crippen LogP contribution in [0.2, 0.25) is 0 Å². The fraction of sp³-hybridized carbons (Fsp3) is 0.412. The van der Waals surface area contributed by atoms with Gasteiger partial charge in [-0.3, -0.25) is 4.90 Å². The molecule has 1 aliphatic rings. The normalized spacial score (nSPS) is 20.1. The smallest absolute Gasteiger partial charge is 0.0261 e. The first-order chi connectivity index (χ1) is 9.92. The average Bonchev–Trinajstić information content (AvgIpc) is 3.01. The van der Waals surface area contributed by atoms with Gasteiger partial charge in [-0.15, -0.1) is 0 Å². The zero-order valence-corrected chi connectivity index (χ0v) is 12.6. The largest absolute Gasteiger partial charge is 0.314 e. The van der Waals surface area contributed by atoms with Crippen LogP contribution in [0.25, 0.3) is 0 Å². The van der Waals surface area contributed by atoms with E-state index in [9.17, 15) is 0 Å². The third kappa shape index (κ3) is 3.69. The first-order valence-corrected chi connectivity index (χ1v) is 8.36. The predicted molar refractivity (Wildman–Crippen MR) is 86.4 cm³/mol. The molecular formula is C17H22N2S. The Balaban J connectivity index is 1.59. The van der Waals surface area contributed by atoms with Gasteiger partial charge in [0.15, 0.2) is 0 Å². The van der Waals surface area contributed by atoms with Crippen molar-refractivity contribution in [2.24, 2.45) is 0 Å². The van der Waals surface area contributed by atoms with Crippen molar-refractivity contribution in [2.75, 3.05) is 26.2 Å². The molecule has 3 rings (SSSR count). The minimum absolute atomic E-state index is 0.629. The molecule has 106 valence electrons. The van der Waals surface area contributed by atoms with Crippen LogP contribution in [0.1, 0.15) is 11.1 Å². The lowest BCUT2D eigenvalue weighted by Gasteiger charge is -2.36. The van der Waals surface area contributed by atoms with Gasteiger partial charge < -0.3 is 5.32 Å². The number of piperazine rings is 1. The molecule has 20 heavy (non-hydrogen) atoms. The van der Waals surface area contributed by atoms with E-state index in [1.165, 1.54) is 30.6 Å². The number of nitrogens with one attached hydrogen (secondary N) is 1. The molecule has 1 N–H and O–H groups in total. The zero-order valence-electron chi connectivity index (χ0n) is 11.8. The summed E-state index contributed by atoms with van der Waals surface area (Å²) in [5.41, 5.74) is 2.92. The van der Waals surface area contributed by atoms with Crippen LogP contribution < -0.4 is 5.32 Å². The maximum Gasteiger partial charge on any atom is 0.0261 e. The Labute approximate surface area is 125 Å². The minimum Gasteiger partial charge on any atom is -0.314 e. The molecular weight excluding hydrogens is 264 g/mol. The van der Waals surface area contributed by atoms with E-state index in [0.717, 1.165) is 19.5 Å². The molecule has 2 aromatic rings. The van der Waals surface area contributed by atoms with Gasteiger partial charge in [0.2, 0.25) is 0 Å². The summed E-state index contributed by atoms with van der Waals surface area (Å²) in [4.78, 5) is 2.65. The summed E-state index contributed by atoms with van der Waals surface area (Å²) >= 11 is 1.80. The van der Waals surface area contributed by atoms with Crippen molar-refractivity contribution in [3.8, 4) is 0 Å².